The second kappa shape index (κ2) is 7.80. The van der Waals surface area contributed by atoms with Crippen molar-refractivity contribution in [1.82, 2.24) is 8.87 Å². The first-order valence-electron chi connectivity index (χ1n) is 10.00. The van der Waals surface area contributed by atoms with E-state index in [9.17, 15) is 13.2 Å². The summed E-state index contributed by atoms with van der Waals surface area (Å²) >= 11 is 0. The third-order valence-corrected chi connectivity index (χ3v) is 7.83. The molecule has 1 saturated heterocycles. The summed E-state index contributed by atoms with van der Waals surface area (Å²) in [5, 5.41) is 0. The number of oxazole rings is 1. The summed E-state index contributed by atoms with van der Waals surface area (Å²) in [6.45, 7) is 3.14. The monoisotopic (exact) mass is 414 g/mol. The highest BCUT2D eigenvalue weighted by Crippen LogP contribution is 2.28. The molecular formula is C22H26N2O4S. The molecule has 0 radical (unpaired) electrons. The van der Waals surface area contributed by atoms with Gasteiger partial charge in [0.15, 0.2) is 5.58 Å². The van der Waals surface area contributed by atoms with Crippen LogP contribution in [0.4, 0.5) is 0 Å². The molecule has 2 aromatic carbocycles. The van der Waals surface area contributed by atoms with E-state index in [0.29, 0.717) is 30.1 Å². The number of hydrogen-bond acceptors (Lipinski definition) is 4. The van der Waals surface area contributed by atoms with Crippen molar-refractivity contribution < 1.29 is 12.8 Å². The molecule has 0 saturated carbocycles. The summed E-state index contributed by atoms with van der Waals surface area (Å²) in [6.07, 6.45) is 3.85. The summed E-state index contributed by atoms with van der Waals surface area (Å²) in [6, 6.07) is 13.2. The Hall–Kier alpha value is -2.38. The molecule has 0 amide bonds. The van der Waals surface area contributed by atoms with Gasteiger partial charge < -0.3 is 4.42 Å². The van der Waals surface area contributed by atoms with Crippen LogP contribution in [0, 0.1) is 12.8 Å². The van der Waals surface area contributed by atoms with Crippen LogP contribution < -0.4 is 5.76 Å². The molecular weight excluding hydrogens is 388 g/mol. The van der Waals surface area contributed by atoms with Crippen molar-refractivity contribution in [3.8, 4) is 0 Å². The van der Waals surface area contributed by atoms with Crippen LogP contribution in [0.5, 0.6) is 0 Å². The van der Waals surface area contributed by atoms with E-state index in [4.69, 9.17) is 4.42 Å². The fourth-order valence-electron chi connectivity index (χ4n) is 3.99. The maximum absolute atomic E-state index is 13.0. The van der Waals surface area contributed by atoms with E-state index < -0.39 is 15.8 Å². The van der Waals surface area contributed by atoms with Gasteiger partial charge in [-0.05, 0) is 56.2 Å². The van der Waals surface area contributed by atoms with Crippen LogP contribution in [0.15, 0.2) is 56.6 Å². The first-order valence-corrected chi connectivity index (χ1v) is 11.4. The maximum Gasteiger partial charge on any atom is 0.419 e. The van der Waals surface area contributed by atoms with Crippen LogP contribution in [0.3, 0.4) is 0 Å². The van der Waals surface area contributed by atoms with Crippen molar-refractivity contribution in [2.75, 3.05) is 13.1 Å². The Morgan fingerprint density at radius 2 is 1.76 bits per heavy atom. The molecule has 0 aliphatic carbocycles. The maximum atomic E-state index is 13.0. The first-order chi connectivity index (χ1) is 13.8. The van der Waals surface area contributed by atoms with Gasteiger partial charge in [-0.25, -0.2) is 13.2 Å². The minimum absolute atomic E-state index is 0.178. The van der Waals surface area contributed by atoms with Gasteiger partial charge in [-0.2, -0.15) is 4.31 Å². The van der Waals surface area contributed by atoms with Gasteiger partial charge in [0.25, 0.3) is 0 Å². The number of rotatable bonds is 5. The van der Waals surface area contributed by atoms with Crippen LogP contribution in [0.1, 0.15) is 30.4 Å². The molecule has 0 spiro atoms. The molecule has 2 heterocycles. The van der Waals surface area contributed by atoms with Gasteiger partial charge in [-0.1, -0.05) is 29.8 Å². The molecule has 0 atom stereocenters. The van der Waals surface area contributed by atoms with E-state index in [2.05, 4.69) is 31.2 Å². The number of hydrogen-bond donors (Lipinski definition) is 0. The Labute approximate surface area is 170 Å². The van der Waals surface area contributed by atoms with Crippen molar-refractivity contribution >= 4 is 21.1 Å². The summed E-state index contributed by atoms with van der Waals surface area (Å²) < 4.78 is 34.1. The lowest BCUT2D eigenvalue weighted by Gasteiger charge is -2.31. The van der Waals surface area contributed by atoms with Gasteiger partial charge >= 0.3 is 5.76 Å². The number of fused-ring (bicyclic) bond motifs is 1. The van der Waals surface area contributed by atoms with Crippen LogP contribution >= 0.6 is 0 Å². The van der Waals surface area contributed by atoms with Crippen molar-refractivity contribution in [1.29, 1.82) is 0 Å². The number of sulfonamides is 1. The Kier molecular flexibility index (Phi) is 5.36. The third-order valence-electron chi connectivity index (χ3n) is 5.94. The van der Waals surface area contributed by atoms with Gasteiger partial charge in [0.2, 0.25) is 10.0 Å². The fraction of sp³-hybridized carbons (Fsp3) is 0.409. The third kappa shape index (κ3) is 4.02. The van der Waals surface area contributed by atoms with Crippen molar-refractivity contribution in [2.45, 2.75) is 37.5 Å². The average molecular weight is 415 g/mol. The van der Waals surface area contributed by atoms with Crippen molar-refractivity contribution in [3.05, 3.63) is 64.1 Å². The normalized spacial score (nSPS) is 16.5. The second-order valence-electron chi connectivity index (χ2n) is 7.93. The summed E-state index contributed by atoms with van der Waals surface area (Å²) in [4.78, 5) is 11.8. The van der Waals surface area contributed by atoms with Gasteiger partial charge in [-0.15, -0.1) is 0 Å². The highest BCUT2D eigenvalue weighted by atomic mass is 32.2. The lowest BCUT2D eigenvalue weighted by molar-refractivity contribution is 0.263. The quantitative estimate of drug-likeness (QED) is 0.641. The summed E-state index contributed by atoms with van der Waals surface area (Å²) in [7, 11) is -1.99. The molecule has 1 fully saturated rings. The number of aromatic nitrogens is 1. The predicted octanol–water partition coefficient (Wildman–Crippen LogP) is 3.47. The Bertz CT molecular complexity index is 1170. The van der Waals surface area contributed by atoms with Gasteiger partial charge in [0.1, 0.15) is 0 Å². The summed E-state index contributed by atoms with van der Waals surface area (Å²) in [5.41, 5.74) is 3.49. The molecule has 0 bridgehead atoms. The molecule has 0 N–H and O–H groups in total. The number of benzene rings is 2. The second-order valence-corrected chi connectivity index (χ2v) is 9.87. The van der Waals surface area contributed by atoms with Crippen molar-refractivity contribution in [2.24, 2.45) is 13.0 Å². The summed E-state index contributed by atoms with van der Waals surface area (Å²) in [5.74, 6) is 0.0429. The molecule has 154 valence electrons. The molecule has 4 rings (SSSR count). The van der Waals surface area contributed by atoms with E-state index in [-0.39, 0.29) is 4.90 Å². The molecule has 29 heavy (non-hydrogen) atoms. The average Bonchev–Trinajstić information content (AvgIpc) is 3.01. The van der Waals surface area contributed by atoms with Gasteiger partial charge in [0, 0.05) is 26.2 Å². The smallest absolute Gasteiger partial charge is 0.408 e. The van der Waals surface area contributed by atoms with Crippen LogP contribution in [-0.4, -0.2) is 30.4 Å². The highest BCUT2D eigenvalue weighted by Gasteiger charge is 2.29. The zero-order valence-corrected chi connectivity index (χ0v) is 17.6. The zero-order valence-electron chi connectivity index (χ0n) is 16.8. The lowest BCUT2D eigenvalue weighted by Crippen LogP contribution is -2.38. The fourth-order valence-corrected chi connectivity index (χ4v) is 5.47. The van der Waals surface area contributed by atoms with E-state index in [1.165, 1.54) is 21.8 Å². The molecule has 7 heteroatoms. The standard InChI is InChI=1S/C22H26N2O4S/c1-16-3-5-17(6-4-16)7-8-18-11-13-24(14-12-18)29(26,27)19-9-10-20-21(15-19)28-22(25)23(20)2/h3-6,9-10,15,18H,7-8,11-14H2,1-2H3. The minimum Gasteiger partial charge on any atom is -0.408 e. The Morgan fingerprint density at radius 3 is 2.45 bits per heavy atom. The number of piperidine rings is 1. The minimum atomic E-state index is -3.59. The molecule has 6 nitrogen and oxygen atoms in total. The van der Waals surface area contributed by atoms with Crippen LogP contribution in [0.25, 0.3) is 11.1 Å². The highest BCUT2D eigenvalue weighted by molar-refractivity contribution is 7.89. The van der Waals surface area contributed by atoms with Crippen LogP contribution in [0.2, 0.25) is 0 Å². The van der Waals surface area contributed by atoms with Gasteiger partial charge in [0.05, 0.1) is 10.4 Å². The zero-order chi connectivity index (χ0) is 20.6. The van der Waals surface area contributed by atoms with E-state index >= 15 is 0 Å². The molecule has 3 aromatic rings. The number of aryl methyl sites for hydroxylation is 3. The molecule has 1 aromatic heterocycles. The van der Waals surface area contributed by atoms with Crippen molar-refractivity contribution in [3.63, 3.8) is 0 Å². The van der Waals surface area contributed by atoms with Crippen LogP contribution in [-0.2, 0) is 23.5 Å². The first kappa shape index (κ1) is 19.9. The number of nitrogens with zero attached hydrogens (tertiary/aromatic N) is 2. The Morgan fingerprint density at radius 1 is 1.07 bits per heavy atom. The van der Waals surface area contributed by atoms with E-state index in [0.717, 1.165) is 25.7 Å². The predicted molar refractivity (Wildman–Crippen MR) is 112 cm³/mol. The Balaban J connectivity index is 1.40. The SMILES string of the molecule is Cc1ccc(CCC2CCN(S(=O)(=O)c3ccc4c(c3)oc(=O)n4C)CC2)cc1. The molecule has 1 aliphatic rings. The topological polar surface area (TPSA) is 72.5 Å². The van der Waals surface area contributed by atoms with E-state index in [1.54, 1.807) is 23.5 Å². The lowest BCUT2D eigenvalue weighted by atomic mass is 9.91. The molecule has 0 unspecified atom stereocenters. The van der Waals surface area contributed by atoms with Gasteiger partial charge in [-0.3, -0.25) is 4.57 Å². The molecule has 1 aliphatic heterocycles. The van der Waals surface area contributed by atoms with E-state index in [1.807, 2.05) is 0 Å². The largest absolute Gasteiger partial charge is 0.419 e.